The molecule has 0 bridgehead atoms. The van der Waals surface area contributed by atoms with Gasteiger partial charge < -0.3 is 14.4 Å². The molecule has 1 fully saturated rings. The predicted molar refractivity (Wildman–Crippen MR) is 90.1 cm³/mol. The molecule has 0 amide bonds. The lowest BCUT2D eigenvalue weighted by Gasteiger charge is -2.34. The maximum absolute atomic E-state index is 6.11. The van der Waals surface area contributed by atoms with Crippen molar-refractivity contribution in [2.75, 3.05) is 31.7 Å². The van der Waals surface area contributed by atoms with E-state index in [1.807, 2.05) is 18.2 Å². The number of hydrogen-bond acceptors (Lipinski definition) is 5. The third-order valence-electron chi connectivity index (χ3n) is 3.71. The summed E-state index contributed by atoms with van der Waals surface area (Å²) in [6.07, 6.45) is 1.49. The SMILES string of the molecule is COCc1cc(N2CCO[C@@H](c3ccc(Cl)c(Cl)c3)C2)ncn1. The zero-order valence-electron chi connectivity index (χ0n) is 12.7. The summed E-state index contributed by atoms with van der Waals surface area (Å²) in [5.74, 6) is 0.875. The number of morpholine rings is 1. The Morgan fingerprint density at radius 3 is 2.91 bits per heavy atom. The smallest absolute Gasteiger partial charge is 0.132 e. The molecule has 2 heterocycles. The number of halogens is 2. The second-order valence-corrected chi connectivity index (χ2v) is 6.09. The minimum absolute atomic E-state index is 0.0700. The Bertz CT molecular complexity index is 684. The highest BCUT2D eigenvalue weighted by Crippen LogP contribution is 2.30. The molecule has 5 nitrogen and oxygen atoms in total. The summed E-state index contributed by atoms with van der Waals surface area (Å²) in [5.41, 5.74) is 1.87. The van der Waals surface area contributed by atoms with Crippen LogP contribution in [0.25, 0.3) is 0 Å². The molecule has 1 saturated heterocycles. The van der Waals surface area contributed by atoms with Gasteiger partial charge in [0.2, 0.25) is 0 Å². The van der Waals surface area contributed by atoms with Crippen LogP contribution in [0.3, 0.4) is 0 Å². The molecule has 1 aliphatic rings. The van der Waals surface area contributed by atoms with E-state index in [4.69, 9.17) is 32.7 Å². The number of hydrogen-bond donors (Lipinski definition) is 0. The van der Waals surface area contributed by atoms with Gasteiger partial charge in [-0.1, -0.05) is 29.3 Å². The van der Waals surface area contributed by atoms with Crippen LogP contribution in [0.5, 0.6) is 0 Å². The molecule has 1 aromatic carbocycles. The van der Waals surface area contributed by atoms with E-state index in [1.54, 1.807) is 19.5 Å². The Kier molecular flexibility index (Phi) is 5.33. The van der Waals surface area contributed by atoms with Crippen molar-refractivity contribution in [2.24, 2.45) is 0 Å². The number of methoxy groups -OCH3 is 1. The number of benzene rings is 1. The van der Waals surface area contributed by atoms with Crippen molar-refractivity contribution in [3.63, 3.8) is 0 Å². The van der Waals surface area contributed by atoms with Gasteiger partial charge in [-0.05, 0) is 17.7 Å². The van der Waals surface area contributed by atoms with Crippen LogP contribution in [-0.2, 0) is 16.1 Å². The number of nitrogens with zero attached hydrogens (tertiary/aromatic N) is 3. The van der Waals surface area contributed by atoms with Crippen molar-refractivity contribution in [1.29, 1.82) is 0 Å². The van der Waals surface area contributed by atoms with Crippen LogP contribution in [0.15, 0.2) is 30.6 Å². The van der Waals surface area contributed by atoms with Crippen molar-refractivity contribution >= 4 is 29.0 Å². The maximum Gasteiger partial charge on any atom is 0.132 e. The topological polar surface area (TPSA) is 47.5 Å². The van der Waals surface area contributed by atoms with Crippen LogP contribution in [0.2, 0.25) is 10.0 Å². The van der Waals surface area contributed by atoms with Crippen LogP contribution >= 0.6 is 23.2 Å². The fraction of sp³-hybridized carbons (Fsp3) is 0.375. The zero-order valence-corrected chi connectivity index (χ0v) is 14.2. The summed E-state index contributed by atoms with van der Waals surface area (Å²) in [5, 5.41) is 1.08. The molecule has 7 heteroatoms. The van der Waals surface area contributed by atoms with Gasteiger partial charge in [0.05, 0.1) is 29.0 Å². The van der Waals surface area contributed by atoms with Crippen molar-refractivity contribution < 1.29 is 9.47 Å². The van der Waals surface area contributed by atoms with Crippen molar-refractivity contribution in [1.82, 2.24) is 9.97 Å². The molecule has 0 radical (unpaired) electrons. The molecule has 2 aromatic rings. The average Bonchev–Trinajstić information content (AvgIpc) is 2.58. The van der Waals surface area contributed by atoms with Crippen molar-refractivity contribution in [3.05, 3.63) is 51.9 Å². The van der Waals surface area contributed by atoms with Gasteiger partial charge in [-0.25, -0.2) is 9.97 Å². The van der Waals surface area contributed by atoms with Crippen LogP contribution in [0.1, 0.15) is 17.4 Å². The number of rotatable bonds is 4. The largest absolute Gasteiger partial charge is 0.378 e. The Hall–Kier alpha value is -1.40. The highest BCUT2D eigenvalue weighted by atomic mass is 35.5. The minimum atomic E-state index is -0.0700. The maximum atomic E-state index is 6.11. The van der Waals surface area contributed by atoms with Gasteiger partial charge in [-0.15, -0.1) is 0 Å². The highest BCUT2D eigenvalue weighted by Gasteiger charge is 2.23. The van der Waals surface area contributed by atoms with E-state index in [2.05, 4.69) is 14.9 Å². The molecular weight excluding hydrogens is 337 g/mol. The summed E-state index contributed by atoms with van der Waals surface area (Å²) < 4.78 is 11.0. The van der Waals surface area contributed by atoms with E-state index in [9.17, 15) is 0 Å². The molecule has 0 N–H and O–H groups in total. The predicted octanol–water partition coefficient (Wildman–Crippen LogP) is 3.51. The first kappa shape index (κ1) is 16.5. The van der Waals surface area contributed by atoms with Crippen LogP contribution in [-0.4, -0.2) is 36.8 Å². The van der Waals surface area contributed by atoms with E-state index in [1.165, 1.54) is 0 Å². The normalized spacial score (nSPS) is 18.2. The van der Waals surface area contributed by atoms with E-state index in [0.29, 0.717) is 29.8 Å². The van der Waals surface area contributed by atoms with Crippen LogP contribution in [0, 0.1) is 0 Å². The Balaban J connectivity index is 1.77. The summed E-state index contributed by atoms with van der Waals surface area (Å²) in [7, 11) is 1.65. The molecule has 23 heavy (non-hydrogen) atoms. The first-order valence-corrected chi connectivity index (χ1v) is 8.04. The highest BCUT2D eigenvalue weighted by molar-refractivity contribution is 6.42. The van der Waals surface area contributed by atoms with E-state index >= 15 is 0 Å². The van der Waals surface area contributed by atoms with Crippen LogP contribution < -0.4 is 4.90 Å². The first-order valence-electron chi connectivity index (χ1n) is 7.28. The lowest BCUT2D eigenvalue weighted by molar-refractivity contribution is 0.0395. The van der Waals surface area contributed by atoms with E-state index in [-0.39, 0.29) is 6.10 Å². The molecule has 1 atom stereocenters. The monoisotopic (exact) mass is 353 g/mol. The van der Waals surface area contributed by atoms with Gasteiger partial charge in [-0.3, -0.25) is 0 Å². The minimum Gasteiger partial charge on any atom is -0.378 e. The van der Waals surface area contributed by atoms with Crippen molar-refractivity contribution in [3.8, 4) is 0 Å². The fourth-order valence-electron chi connectivity index (χ4n) is 2.56. The zero-order chi connectivity index (χ0) is 16.2. The third-order valence-corrected chi connectivity index (χ3v) is 4.45. The molecule has 122 valence electrons. The lowest BCUT2D eigenvalue weighted by Crippen LogP contribution is -2.39. The molecule has 1 aliphatic heterocycles. The first-order chi connectivity index (χ1) is 11.2. The van der Waals surface area contributed by atoms with Gasteiger partial charge in [0.15, 0.2) is 0 Å². The fourth-order valence-corrected chi connectivity index (χ4v) is 2.86. The standard InChI is InChI=1S/C16H17Cl2N3O2/c1-22-9-12-7-16(20-10-19-12)21-4-5-23-15(8-21)11-2-3-13(17)14(18)6-11/h2-3,6-7,10,15H,4-5,8-9H2,1H3/t15-/m1/s1. The second kappa shape index (κ2) is 7.45. The summed E-state index contributed by atoms with van der Waals surface area (Å²) in [6, 6.07) is 7.54. The third kappa shape index (κ3) is 3.93. The van der Waals surface area contributed by atoms with Gasteiger partial charge in [0.1, 0.15) is 18.2 Å². The summed E-state index contributed by atoms with van der Waals surface area (Å²) in [6.45, 7) is 2.56. The van der Waals surface area contributed by atoms with Gasteiger partial charge in [-0.2, -0.15) is 0 Å². The Morgan fingerprint density at radius 1 is 1.26 bits per heavy atom. The quantitative estimate of drug-likeness (QED) is 0.841. The molecule has 0 aliphatic carbocycles. The van der Waals surface area contributed by atoms with Gasteiger partial charge in [0.25, 0.3) is 0 Å². The van der Waals surface area contributed by atoms with Gasteiger partial charge in [0, 0.05) is 26.3 Å². The van der Waals surface area contributed by atoms with Gasteiger partial charge >= 0.3 is 0 Å². The van der Waals surface area contributed by atoms with E-state index in [0.717, 1.165) is 23.6 Å². The summed E-state index contributed by atoms with van der Waals surface area (Å²) in [4.78, 5) is 10.7. The summed E-state index contributed by atoms with van der Waals surface area (Å²) >= 11 is 12.1. The lowest BCUT2D eigenvalue weighted by atomic mass is 10.1. The number of aromatic nitrogens is 2. The average molecular weight is 354 g/mol. The Morgan fingerprint density at radius 2 is 2.13 bits per heavy atom. The molecule has 1 aromatic heterocycles. The molecular formula is C16H17Cl2N3O2. The number of anilines is 1. The second-order valence-electron chi connectivity index (χ2n) is 5.28. The molecule has 3 rings (SSSR count). The molecule has 0 spiro atoms. The van der Waals surface area contributed by atoms with Crippen molar-refractivity contribution in [2.45, 2.75) is 12.7 Å². The van der Waals surface area contributed by atoms with Crippen LogP contribution in [0.4, 0.5) is 5.82 Å². The molecule has 0 saturated carbocycles. The van der Waals surface area contributed by atoms with E-state index < -0.39 is 0 Å². The Labute approximate surface area is 145 Å². The number of ether oxygens (including phenoxy) is 2. The molecule has 0 unspecified atom stereocenters.